The first-order valence-electron chi connectivity index (χ1n) is 10.1. The number of benzene rings is 2. The van der Waals surface area contributed by atoms with E-state index < -0.39 is 28.4 Å². The molecule has 11 heteroatoms. The van der Waals surface area contributed by atoms with E-state index in [9.17, 15) is 24.5 Å². The van der Waals surface area contributed by atoms with Crippen LogP contribution in [-0.4, -0.2) is 74.6 Å². The molecule has 2 aromatic rings. The van der Waals surface area contributed by atoms with Gasteiger partial charge in [0.15, 0.2) is 0 Å². The summed E-state index contributed by atoms with van der Waals surface area (Å²) in [5.74, 6) is -1.90. The van der Waals surface area contributed by atoms with Gasteiger partial charge in [-0.1, -0.05) is 0 Å². The fraction of sp³-hybridized carbons (Fsp3) is 0.318. The molecule has 0 spiro atoms. The monoisotopic (exact) mass is 456 g/mol. The van der Waals surface area contributed by atoms with Crippen molar-refractivity contribution in [1.29, 1.82) is 0 Å². The number of amides is 2. The van der Waals surface area contributed by atoms with E-state index >= 15 is 0 Å². The smallest absolute Gasteiger partial charge is 0.338 e. The fourth-order valence-electron chi connectivity index (χ4n) is 3.36. The molecule has 174 valence electrons. The number of likely N-dealkylation sites (N-methyl/N-ethyl adjacent to an activating group) is 1. The lowest BCUT2D eigenvalue weighted by Crippen LogP contribution is -2.36. The van der Waals surface area contributed by atoms with Gasteiger partial charge >= 0.3 is 5.97 Å². The lowest BCUT2D eigenvalue weighted by atomic mass is 10.1. The highest BCUT2D eigenvalue weighted by atomic mass is 16.6. The predicted octanol–water partition coefficient (Wildman–Crippen LogP) is 1.93. The molecule has 1 heterocycles. The molecule has 0 aromatic heterocycles. The summed E-state index contributed by atoms with van der Waals surface area (Å²) in [5, 5.41) is 13.9. The summed E-state index contributed by atoms with van der Waals surface area (Å²) in [4.78, 5) is 50.7. The van der Waals surface area contributed by atoms with E-state index in [1.54, 1.807) is 12.1 Å². The molecule has 1 N–H and O–H groups in total. The minimum atomic E-state index is -0.811. The van der Waals surface area contributed by atoms with Crippen molar-refractivity contribution < 1.29 is 28.8 Å². The van der Waals surface area contributed by atoms with Crippen molar-refractivity contribution >= 4 is 34.8 Å². The van der Waals surface area contributed by atoms with Crippen molar-refractivity contribution in [2.24, 2.45) is 0 Å². The number of nitrogens with zero attached hydrogens (tertiary/aromatic N) is 3. The number of hydrogen-bond acceptors (Lipinski definition) is 8. The van der Waals surface area contributed by atoms with E-state index in [1.165, 1.54) is 13.1 Å². The quantitative estimate of drug-likeness (QED) is 0.380. The lowest BCUT2D eigenvalue weighted by Gasteiger charge is -2.28. The number of morpholine rings is 1. The molecule has 0 unspecified atom stereocenters. The number of esters is 1. The van der Waals surface area contributed by atoms with Gasteiger partial charge in [-0.2, -0.15) is 0 Å². The highest BCUT2D eigenvalue weighted by molar-refractivity contribution is 6.01. The summed E-state index contributed by atoms with van der Waals surface area (Å²) in [6, 6.07) is 10.6. The Morgan fingerprint density at radius 2 is 1.76 bits per heavy atom. The van der Waals surface area contributed by atoms with Crippen LogP contribution < -0.4 is 10.2 Å². The number of rotatable bonds is 7. The van der Waals surface area contributed by atoms with Crippen LogP contribution in [0.15, 0.2) is 42.5 Å². The Kier molecular flexibility index (Phi) is 7.57. The number of methoxy groups -OCH3 is 1. The zero-order valence-corrected chi connectivity index (χ0v) is 18.3. The van der Waals surface area contributed by atoms with E-state index in [0.717, 1.165) is 42.9 Å². The molecule has 0 aliphatic carbocycles. The Hall–Kier alpha value is -3.99. The standard InChI is InChI=1S/C22H24N4O7/c1-24(21(28)15-11-16(22(29)32-2)13-19(12-15)26(30)31)14-20(27)23-17-3-5-18(6-4-17)25-7-9-33-10-8-25/h3-6,11-13H,7-10,14H2,1-2H3,(H,23,27). The highest BCUT2D eigenvalue weighted by Gasteiger charge is 2.22. The maximum atomic E-state index is 12.7. The van der Waals surface area contributed by atoms with Gasteiger partial charge in [0.25, 0.3) is 11.6 Å². The van der Waals surface area contributed by atoms with Gasteiger partial charge in [-0.25, -0.2) is 4.79 Å². The van der Waals surface area contributed by atoms with Crippen LogP contribution in [0.2, 0.25) is 0 Å². The molecule has 33 heavy (non-hydrogen) atoms. The second-order valence-corrected chi connectivity index (χ2v) is 7.37. The third-order valence-corrected chi connectivity index (χ3v) is 5.05. The number of carbonyl (C=O) groups excluding carboxylic acids is 3. The van der Waals surface area contributed by atoms with Gasteiger partial charge in [-0.15, -0.1) is 0 Å². The van der Waals surface area contributed by atoms with E-state index in [4.69, 9.17) is 4.74 Å². The molecule has 3 rings (SSSR count). The maximum absolute atomic E-state index is 12.7. The molecule has 1 aliphatic rings. The van der Waals surface area contributed by atoms with Crippen LogP contribution in [0.5, 0.6) is 0 Å². The summed E-state index contributed by atoms with van der Waals surface area (Å²) >= 11 is 0. The number of nitrogens with one attached hydrogen (secondary N) is 1. The Bertz CT molecular complexity index is 1050. The summed E-state index contributed by atoms with van der Waals surface area (Å²) in [6.07, 6.45) is 0. The van der Waals surface area contributed by atoms with Gasteiger partial charge < -0.3 is 24.6 Å². The average molecular weight is 456 g/mol. The zero-order valence-electron chi connectivity index (χ0n) is 18.3. The molecule has 0 atom stereocenters. The van der Waals surface area contributed by atoms with Crippen LogP contribution in [0.25, 0.3) is 0 Å². The number of anilines is 2. The van der Waals surface area contributed by atoms with Crippen LogP contribution >= 0.6 is 0 Å². The summed E-state index contributed by atoms with van der Waals surface area (Å²) < 4.78 is 9.93. The first kappa shape index (κ1) is 23.7. The van der Waals surface area contributed by atoms with E-state index in [1.807, 2.05) is 12.1 Å². The summed E-state index contributed by atoms with van der Waals surface area (Å²) in [7, 11) is 2.52. The third-order valence-electron chi connectivity index (χ3n) is 5.05. The van der Waals surface area contributed by atoms with Crippen LogP contribution in [0, 0.1) is 10.1 Å². The number of ether oxygens (including phenoxy) is 2. The molecular formula is C22H24N4O7. The first-order chi connectivity index (χ1) is 15.8. The van der Waals surface area contributed by atoms with Gasteiger partial charge in [-0.3, -0.25) is 19.7 Å². The van der Waals surface area contributed by atoms with Crippen LogP contribution in [0.3, 0.4) is 0 Å². The van der Waals surface area contributed by atoms with Crippen molar-refractivity contribution in [3.8, 4) is 0 Å². The van der Waals surface area contributed by atoms with Crippen LogP contribution in [-0.2, 0) is 14.3 Å². The van der Waals surface area contributed by atoms with E-state index in [-0.39, 0.29) is 17.7 Å². The van der Waals surface area contributed by atoms with Crippen molar-refractivity contribution in [1.82, 2.24) is 4.90 Å². The van der Waals surface area contributed by atoms with Gasteiger partial charge in [0, 0.05) is 49.2 Å². The second kappa shape index (κ2) is 10.6. The Labute approximate surface area is 190 Å². The zero-order chi connectivity index (χ0) is 24.0. The molecule has 1 aliphatic heterocycles. The molecule has 0 radical (unpaired) electrons. The number of nitro benzene ring substituents is 1. The molecule has 0 saturated carbocycles. The second-order valence-electron chi connectivity index (χ2n) is 7.37. The van der Waals surface area contributed by atoms with Crippen LogP contribution in [0.4, 0.5) is 17.1 Å². The number of nitro groups is 1. The Morgan fingerprint density at radius 1 is 1.12 bits per heavy atom. The summed E-state index contributed by atoms with van der Waals surface area (Å²) in [6.45, 7) is 2.65. The van der Waals surface area contributed by atoms with Gasteiger partial charge in [0.1, 0.15) is 0 Å². The topological polar surface area (TPSA) is 131 Å². The van der Waals surface area contributed by atoms with Crippen LogP contribution in [0.1, 0.15) is 20.7 Å². The SMILES string of the molecule is COC(=O)c1cc(C(=O)N(C)CC(=O)Nc2ccc(N3CCOCC3)cc2)cc([N+](=O)[O-])c1. The Balaban J connectivity index is 1.64. The van der Waals surface area contributed by atoms with E-state index in [0.29, 0.717) is 18.9 Å². The molecule has 2 amide bonds. The van der Waals surface area contributed by atoms with Crippen molar-refractivity contribution in [2.45, 2.75) is 0 Å². The molecule has 2 aromatic carbocycles. The minimum absolute atomic E-state index is 0.102. The number of non-ortho nitro benzene ring substituents is 1. The molecule has 1 fully saturated rings. The average Bonchev–Trinajstić information content (AvgIpc) is 2.83. The maximum Gasteiger partial charge on any atom is 0.338 e. The fourth-order valence-corrected chi connectivity index (χ4v) is 3.36. The van der Waals surface area contributed by atoms with Gasteiger partial charge in [-0.05, 0) is 30.3 Å². The first-order valence-corrected chi connectivity index (χ1v) is 10.1. The summed E-state index contributed by atoms with van der Waals surface area (Å²) in [5.41, 5.74) is 0.930. The predicted molar refractivity (Wildman–Crippen MR) is 120 cm³/mol. The lowest BCUT2D eigenvalue weighted by molar-refractivity contribution is -0.384. The molecule has 11 nitrogen and oxygen atoms in total. The third kappa shape index (κ3) is 6.04. The minimum Gasteiger partial charge on any atom is -0.465 e. The van der Waals surface area contributed by atoms with Gasteiger partial charge in [0.05, 0.1) is 37.4 Å². The number of hydrogen-bond donors (Lipinski definition) is 1. The number of carbonyl (C=O) groups is 3. The molecule has 1 saturated heterocycles. The van der Waals surface area contributed by atoms with Crippen molar-refractivity contribution in [3.05, 3.63) is 63.7 Å². The Morgan fingerprint density at radius 3 is 2.36 bits per heavy atom. The molecular weight excluding hydrogens is 432 g/mol. The molecule has 0 bridgehead atoms. The van der Waals surface area contributed by atoms with Crippen molar-refractivity contribution in [3.63, 3.8) is 0 Å². The van der Waals surface area contributed by atoms with Gasteiger partial charge in [0.2, 0.25) is 5.91 Å². The largest absolute Gasteiger partial charge is 0.465 e. The highest BCUT2D eigenvalue weighted by Crippen LogP contribution is 2.20. The van der Waals surface area contributed by atoms with Crippen molar-refractivity contribution in [2.75, 3.05) is 57.2 Å². The normalized spacial score (nSPS) is 13.2. The van der Waals surface area contributed by atoms with E-state index in [2.05, 4.69) is 15.0 Å².